The molecule has 33 heavy (non-hydrogen) atoms. The number of aryl methyl sites for hydroxylation is 2. The van der Waals surface area contributed by atoms with Crippen molar-refractivity contribution < 1.29 is 4.79 Å². The molecule has 0 radical (unpaired) electrons. The summed E-state index contributed by atoms with van der Waals surface area (Å²) in [5, 5.41) is 16.8. The number of rotatable bonds is 7. The maximum Gasteiger partial charge on any atom is 0.283 e. The Morgan fingerprint density at radius 3 is 2.67 bits per heavy atom. The summed E-state index contributed by atoms with van der Waals surface area (Å²) in [6, 6.07) is 7.97. The second-order valence-electron chi connectivity index (χ2n) is 8.42. The number of aromatic nitrogens is 1. The van der Waals surface area contributed by atoms with Crippen molar-refractivity contribution in [1.82, 2.24) is 9.58 Å². The van der Waals surface area contributed by atoms with Gasteiger partial charge in [0.2, 0.25) is 5.17 Å². The molecule has 172 valence electrons. The number of nitrogens with zero attached hydrogens (tertiary/aromatic N) is 4. The van der Waals surface area contributed by atoms with Crippen LogP contribution in [-0.4, -0.2) is 31.5 Å². The molecule has 0 bridgehead atoms. The first-order chi connectivity index (χ1) is 15.8. The fourth-order valence-electron chi connectivity index (χ4n) is 4.04. The van der Waals surface area contributed by atoms with Crippen molar-refractivity contribution in [2.24, 2.45) is 10.1 Å². The molecule has 1 amide bonds. The van der Waals surface area contributed by atoms with E-state index in [0.29, 0.717) is 10.2 Å². The summed E-state index contributed by atoms with van der Waals surface area (Å²) in [5.41, 5.74) is 5.08. The smallest absolute Gasteiger partial charge is 0.283 e. The maximum atomic E-state index is 12.8. The highest BCUT2D eigenvalue weighted by atomic mass is 35.5. The summed E-state index contributed by atoms with van der Waals surface area (Å²) < 4.78 is 2.10. The lowest BCUT2D eigenvalue weighted by Gasteiger charge is -2.20. The summed E-state index contributed by atoms with van der Waals surface area (Å²) >= 11 is 7.75. The Hall–Kier alpha value is -2.64. The zero-order valence-corrected chi connectivity index (χ0v) is 21.0. The van der Waals surface area contributed by atoms with Gasteiger partial charge in [-0.3, -0.25) is 10.2 Å². The van der Waals surface area contributed by atoms with Crippen molar-refractivity contribution in [3.05, 3.63) is 57.4 Å². The number of amidine groups is 2. The van der Waals surface area contributed by atoms with E-state index in [1.54, 1.807) is 6.08 Å². The number of hydrogen-bond donors (Lipinski definition) is 1. The molecule has 8 heteroatoms. The quantitative estimate of drug-likeness (QED) is 0.355. The average Bonchev–Trinajstić information content (AvgIpc) is 3.30. The number of aliphatic imine (C=N–C) groups is 1. The fraction of sp³-hybridized carbons (Fsp3) is 0.360. The van der Waals surface area contributed by atoms with E-state index in [9.17, 15) is 4.79 Å². The van der Waals surface area contributed by atoms with Crippen molar-refractivity contribution in [2.45, 2.75) is 59.8 Å². The van der Waals surface area contributed by atoms with E-state index in [2.05, 4.69) is 21.6 Å². The molecule has 0 saturated carbocycles. The molecule has 1 aromatic carbocycles. The third-order valence-electron chi connectivity index (χ3n) is 5.92. The predicted octanol–water partition coefficient (Wildman–Crippen LogP) is 6.65. The van der Waals surface area contributed by atoms with Crippen LogP contribution < -0.4 is 0 Å². The molecule has 0 fully saturated rings. The summed E-state index contributed by atoms with van der Waals surface area (Å²) in [7, 11) is 0. The van der Waals surface area contributed by atoms with Gasteiger partial charge in [0.25, 0.3) is 5.91 Å². The molecule has 0 unspecified atom stereocenters. The number of hydrogen-bond acceptors (Lipinski definition) is 4. The van der Waals surface area contributed by atoms with Gasteiger partial charge in [-0.25, -0.2) is 0 Å². The normalized spacial score (nSPS) is 17.0. The first-order valence-electron chi connectivity index (χ1n) is 11.2. The Kier molecular flexibility index (Phi) is 6.91. The second kappa shape index (κ2) is 9.69. The topological polar surface area (TPSA) is 73.8 Å². The van der Waals surface area contributed by atoms with Gasteiger partial charge in [0.05, 0.1) is 5.57 Å². The largest absolute Gasteiger partial charge is 0.318 e. The zero-order chi connectivity index (χ0) is 23.7. The van der Waals surface area contributed by atoms with E-state index >= 15 is 0 Å². The molecule has 0 aliphatic carbocycles. The van der Waals surface area contributed by atoms with Gasteiger partial charge >= 0.3 is 0 Å². The number of halogens is 1. The first kappa shape index (κ1) is 23.5. The minimum Gasteiger partial charge on any atom is -0.318 e. The van der Waals surface area contributed by atoms with Gasteiger partial charge in [-0.05, 0) is 80.8 Å². The van der Waals surface area contributed by atoms with E-state index in [1.165, 1.54) is 29.6 Å². The van der Waals surface area contributed by atoms with Crippen molar-refractivity contribution >= 4 is 51.4 Å². The SMILES string of the molecule is CCCCCCC1=NN2C(=N)C(=Cc3cc(C)n(-c4ccc(C)c(Cl)c4)c3C)C(=O)N=C2S1. The number of thioether (sulfide) groups is 1. The number of carbonyl (C=O) groups is 1. The van der Waals surface area contributed by atoms with Gasteiger partial charge < -0.3 is 4.57 Å². The number of amides is 1. The molecular weight excluding hydrogens is 454 g/mol. The lowest BCUT2D eigenvalue weighted by atomic mass is 10.1. The maximum absolute atomic E-state index is 12.8. The molecule has 6 nitrogen and oxygen atoms in total. The summed E-state index contributed by atoms with van der Waals surface area (Å²) in [6.45, 7) is 8.17. The molecule has 1 aromatic heterocycles. The van der Waals surface area contributed by atoms with Crippen LogP contribution in [-0.2, 0) is 4.79 Å². The lowest BCUT2D eigenvalue weighted by molar-refractivity contribution is -0.114. The third-order valence-corrected chi connectivity index (χ3v) is 7.30. The summed E-state index contributed by atoms with van der Waals surface area (Å²) in [5.74, 6) is -0.325. The summed E-state index contributed by atoms with van der Waals surface area (Å²) in [6.07, 6.45) is 7.20. The van der Waals surface area contributed by atoms with Gasteiger partial charge in [0, 0.05) is 22.1 Å². The number of benzene rings is 1. The van der Waals surface area contributed by atoms with Gasteiger partial charge in [0.15, 0.2) is 5.84 Å². The molecule has 1 N–H and O–H groups in total. The van der Waals surface area contributed by atoms with Crippen LogP contribution >= 0.6 is 23.4 Å². The van der Waals surface area contributed by atoms with Gasteiger partial charge in [-0.2, -0.15) is 15.1 Å². The Morgan fingerprint density at radius 1 is 1.15 bits per heavy atom. The molecule has 2 aliphatic heterocycles. The lowest BCUT2D eigenvalue weighted by Crippen LogP contribution is -2.35. The minimum absolute atomic E-state index is 0.0734. The Bertz CT molecular complexity index is 1220. The zero-order valence-electron chi connectivity index (χ0n) is 19.4. The van der Waals surface area contributed by atoms with Gasteiger partial charge in [-0.1, -0.05) is 43.9 Å². The van der Waals surface area contributed by atoms with Crippen LogP contribution in [0, 0.1) is 26.2 Å². The molecule has 0 saturated heterocycles. The van der Waals surface area contributed by atoms with Crippen LogP contribution in [0.15, 0.2) is 39.9 Å². The van der Waals surface area contributed by atoms with Crippen LogP contribution in [0.4, 0.5) is 0 Å². The molecular formula is C25H28ClN5OS. The molecule has 0 spiro atoms. The molecule has 3 heterocycles. The van der Waals surface area contributed by atoms with Crippen LogP contribution in [0.2, 0.25) is 5.02 Å². The number of nitrogens with one attached hydrogen (secondary N) is 1. The van der Waals surface area contributed by atoms with Gasteiger partial charge in [-0.15, -0.1) is 0 Å². The Morgan fingerprint density at radius 2 is 1.94 bits per heavy atom. The van der Waals surface area contributed by atoms with E-state index in [-0.39, 0.29) is 11.4 Å². The Labute approximate surface area is 203 Å². The number of hydrazone groups is 1. The average molecular weight is 482 g/mol. The predicted molar refractivity (Wildman–Crippen MR) is 139 cm³/mol. The van der Waals surface area contributed by atoms with E-state index in [0.717, 1.165) is 52.5 Å². The van der Waals surface area contributed by atoms with E-state index < -0.39 is 5.91 Å². The Balaban J connectivity index is 1.61. The number of unbranched alkanes of at least 4 members (excludes halogenated alkanes) is 3. The highest BCUT2D eigenvalue weighted by Gasteiger charge is 2.35. The molecule has 2 aromatic rings. The number of carbonyl (C=O) groups excluding carboxylic acids is 1. The first-order valence-corrected chi connectivity index (χ1v) is 12.4. The third kappa shape index (κ3) is 4.70. The van der Waals surface area contributed by atoms with Crippen molar-refractivity contribution in [2.75, 3.05) is 0 Å². The number of fused-ring (bicyclic) bond motifs is 1. The van der Waals surface area contributed by atoms with E-state index in [1.807, 2.05) is 45.0 Å². The van der Waals surface area contributed by atoms with E-state index in [4.69, 9.17) is 17.0 Å². The highest BCUT2D eigenvalue weighted by Crippen LogP contribution is 2.31. The van der Waals surface area contributed by atoms with Crippen LogP contribution in [0.25, 0.3) is 11.8 Å². The molecule has 2 aliphatic rings. The molecule has 4 rings (SSSR count). The fourth-order valence-corrected chi connectivity index (χ4v) is 5.14. The van der Waals surface area contributed by atoms with Crippen LogP contribution in [0.3, 0.4) is 0 Å². The van der Waals surface area contributed by atoms with Crippen molar-refractivity contribution in [3.8, 4) is 5.69 Å². The van der Waals surface area contributed by atoms with Crippen LogP contribution in [0.1, 0.15) is 61.5 Å². The highest BCUT2D eigenvalue weighted by molar-refractivity contribution is 8.26. The molecule has 0 atom stereocenters. The van der Waals surface area contributed by atoms with Crippen LogP contribution in [0.5, 0.6) is 0 Å². The van der Waals surface area contributed by atoms with Crippen molar-refractivity contribution in [1.29, 1.82) is 5.41 Å². The van der Waals surface area contributed by atoms with Crippen molar-refractivity contribution in [3.63, 3.8) is 0 Å². The van der Waals surface area contributed by atoms with Gasteiger partial charge in [0.1, 0.15) is 5.04 Å². The standard InChI is InChI=1S/C25H28ClN5OS/c1-5-6-7-8-9-22-29-31-23(27)20(24(32)28-25(31)33-22)13-18-12-16(3)30(17(18)4)19-11-10-15(2)21(26)14-19/h10-14,27H,5-9H2,1-4H3. The second-order valence-corrected chi connectivity index (χ2v) is 9.87. The monoisotopic (exact) mass is 481 g/mol. The minimum atomic E-state index is -0.399. The summed E-state index contributed by atoms with van der Waals surface area (Å²) in [4.78, 5) is 17.0.